The van der Waals surface area contributed by atoms with Crippen molar-refractivity contribution < 1.29 is 22.7 Å². The molecule has 0 saturated heterocycles. The molecule has 0 bridgehead atoms. The molecular formula is C20H24N2O5S. The van der Waals surface area contributed by atoms with E-state index < -0.39 is 15.9 Å². The molecule has 0 aromatic heterocycles. The molecule has 0 radical (unpaired) electrons. The third-order valence-electron chi connectivity index (χ3n) is 3.81. The van der Waals surface area contributed by atoms with Crippen LogP contribution < -0.4 is 14.8 Å². The summed E-state index contributed by atoms with van der Waals surface area (Å²) < 4.78 is 37.4. The molecule has 0 aliphatic rings. The van der Waals surface area contributed by atoms with Gasteiger partial charge in [0.1, 0.15) is 11.5 Å². The fourth-order valence-electron chi connectivity index (χ4n) is 2.49. The van der Waals surface area contributed by atoms with E-state index in [0.29, 0.717) is 23.8 Å². The fraction of sp³-hybridized carbons (Fsp3) is 0.250. The highest BCUT2D eigenvalue weighted by Gasteiger charge is 2.26. The number of nitrogens with zero attached hydrogens (tertiary/aromatic N) is 1. The van der Waals surface area contributed by atoms with Gasteiger partial charge in [-0.1, -0.05) is 18.2 Å². The van der Waals surface area contributed by atoms with Crippen molar-refractivity contribution in [1.82, 2.24) is 4.31 Å². The number of nitrogens with one attached hydrogen (secondary N) is 1. The number of carbonyl (C=O) groups excluding carboxylic acids is 1. The van der Waals surface area contributed by atoms with Crippen molar-refractivity contribution in [2.75, 3.05) is 32.1 Å². The first-order chi connectivity index (χ1) is 13.4. The Bertz CT molecular complexity index is 910. The van der Waals surface area contributed by atoms with E-state index in [1.54, 1.807) is 36.4 Å². The molecule has 2 rings (SSSR count). The number of hydrogen-bond donors (Lipinski definition) is 1. The summed E-state index contributed by atoms with van der Waals surface area (Å²) in [4.78, 5) is 12.6. The van der Waals surface area contributed by atoms with E-state index in [0.717, 1.165) is 4.31 Å². The second kappa shape index (κ2) is 9.91. The van der Waals surface area contributed by atoms with Gasteiger partial charge < -0.3 is 14.8 Å². The molecule has 0 fully saturated rings. The standard InChI is InChI=1S/C20H24N2O5S/c1-4-14-22(28(24,25)17-12-10-16(26-3)11-13-17)15-20(23)21-18-8-6-7-9-19(18)27-5-2/h4,6-13H,1,5,14-15H2,2-3H3,(H,21,23). The summed E-state index contributed by atoms with van der Waals surface area (Å²) in [6, 6.07) is 13.0. The van der Waals surface area contributed by atoms with E-state index in [9.17, 15) is 13.2 Å². The number of rotatable bonds is 10. The monoisotopic (exact) mass is 404 g/mol. The minimum Gasteiger partial charge on any atom is -0.497 e. The van der Waals surface area contributed by atoms with Gasteiger partial charge in [-0.2, -0.15) is 4.31 Å². The molecule has 0 spiro atoms. The van der Waals surface area contributed by atoms with Crippen LogP contribution in [0.4, 0.5) is 5.69 Å². The Balaban J connectivity index is 2.19. The Morgan fingerprint density at radius 1 is 1.18 bits per heavy atom. The first-order valence-corrected chi connectivity index (χ1v) is 10.1. The molecule has 7 nitrogen and oxygen atoms in total. The largest absolute Gasteiger partial charge is 0.497 e. The van der Waals surface area contributed by atoms with Gasteiger partial charge in [-0.25, -0.2) is 8.42 Å². The van der Waals surface area contributed by atoms with Crippen LogP contribution in [0.3, 0.4) is 0 Å². The van der Waals surface area contributed by atoms with Gasteiger partial charge in [0.25, 0.3) is 0 Å². The van der Waals surface area contributed by atoms with Crippen LogP contribution in [0.15, 0.2) is 66.1 Å². The van der Waals surface area contributed by atoms with Gasteiger partial charge in [-0.3, -0.25) is 4.79 Å². The number of ether oxygens (including phenoxy) is 2. The van der Waals surface area contributed by atoms with Crippen molar-refractivity contribution in [3.05, 3.63) is 61.2 Å². The lowest BCUT2D eigenvalue weighted by atomic mass is 10.3. The molecule has 0 saturated carbocycles. The van der Waals surface area contributed by atoms with Crippen molar-refractivity contribution >= 4 is 21.6 Å². The predicted octanol–water partition coefficient (Wildman–Crippen LogP) is 2.91. The van der Waals surface area contributed by atoms with Crippen LogP contribution in [0.5, 0.6) is 11.5 Å². The van der Waals surface area contributed by atoms with Gasteiger partial charge in [0, 0.05) is 6.54 Å². The van der Waals surface area contributed by atoms with Crippen molar-refractivity contribution in [1.29, 1.82) is 0 Å². The maximum absolute atomic E-state index is 12.9. The number of methoxy groups -OCH3 is 1. The van der Waals surface area contributed by atoms with Crippen LogP contribution in [0, 0.1) is 0 Å². The second-order valence-electron chi connectivity index (χ2n) is 5.74. The Morgan fingerprint density at radius 2 is 1.86 bits per heavy atom. The smallest absolute Gasteiger partial charge is 0.243 e. The molecule has 28 heavy (non-hydrogen) atoms. The van der Waals surface area contributed by atoms with E-state index in [-0.39, 0.29) is 18.0 Å². The van der Waals surface area contributed by atoms with E-state index in [1.165, 1.54) is 25.3 Å². The van der Waals surface area contributed by atoms with Crippen LogP contribution in [0.2, 0.25) is 0 Å². The molecule has 1 N–H and O–H groups in total. The molecule has 2 aromatic rings. The molecule has 150 valence electrons. The zero-order valence-electron chi connectivity index (χ0n) is 15.9. The molecule has 8 heteroatoms. The highest BCUT2D eigenvalue weighted by molar-refractivity contribution is 7.89. The van der Waals surface area contributed by atoms with Crippen molar-refractivity contribution in [2.24, 2.45) is 0 Å². The number of para-hydroxylation sites is 2. The zero-order chi connectivity index (χ0) is 20.6. The predicted molar refractivity (Wildman–Crippen MR) is 108 cm³/mol. The third kappa shape index (κ3) is 5.34. The maximum Gasteiger partial charge on any atom is 0.243 e. The lowest BCUT2D eigenvalue weighted by Crippen LogP contribution is -2.38. The molecule has 1 amide bonds. The van der Waals surface area contributed by atoms with Crippen LogP contribution in [-0.4, -0.2) is 45.4 Å². The normalized spacial score (nSPS) is 11.1. The Labute approximate surface area is 165 Å². The van der Waals surface area contributed by atoms with Crippen LogP contribution in [0.25, 0.3) is 0 Å². The van der Waals surface area contributed by atoms with E-state index >= 15 is 0 Å². The average Bonchev–Trinajstić information content (AvgIpc) is 2.69. The van der Waals surface area contributed by atoms with Crippen LogP contribution in [0.1, 0.15) is 6.92 Å². The second-order valence-corrected chi connectivity index (χ2v) is 7.68. The zero-order valence-corrected chi connectivity index (χ0v) is 16.7. The molecule has 0 atom stereocenters. The van der Waals surface area contributed by atoms with Gasteiger partial charge in [-0.05, 0) is 43.3 Å². The lowest BCUT2D eigenvalue weighted by molar-refractivity contribution is -0.116. The van der Waals surface area contributed by atoms with Gasteiger partial charge in [0.15, 0.2) is 0 Å². The number of anilines is 1. The summed E-state index contributed by atoms with van der Waals surface area (Å²) in [7, 11) is -2.38. The highest BCUT2D eigenvalue weighted by Crippen LogP contribution is 2.24. The molecule has 0 aliphatic heterocycles. The van der Waals surface area contributed by atoms with Crippen molar-refractivity contribution in [2.45, 2.75) is 11.8 Å². The van der Waals surface area contributed by atoms with E-state index in [4.69, 9.17) is 9.47 Å². The van der Waals surface area contributed by atoms with Crippen LogP contribution >= 0.6 is 0 Å². The molecule has 0 unspecified atom stereocenters. The fourth-order valence-corrected chi connectivity index (χ4v) is 3.86. The maximum atomic E-state index is 12.9. The molecular weight excluding hydrogens is 380 g/mol. The Hall–Kier alpha value is -2.84. The van der Waals surface area contributed by atoms with Crippen LogP contribution in [-0.2, 0) is 14.8 Å². The first kappa shape index (κ1) is 21.5. The van der Waals surface area contributed by atoms with Gasteiger partial charge in [-0.15, -0.1) is 6.58 Å². The SMILES string of the molecule is C=CCN(CC(=O)Nc1ccccc1OCC)S(=O)(=O)c1ccc(OC)cc1. The van der Waals surface area contributed by atoms with Gasteiger partial charge in [0.2, 0.25) is 15.9 Å². The van der Waals surface area contributed by atoms with Crippen molar-refractivity contribution in [3.63, 3.8) is 0 Å². The average molecular weight is 404 g/mol. The number of amides is 1. The number of hydrogen-bond acceptors (Lipinski definition) is 5. The van der Waals surface area contributed by atoms with E-state index in [1.807, 2.05) is 6.92 Å². The highest BCUT2D eigenvalue weighted by atomic mass is 32.2. The minimum atomic E-state index is -3.88. The quantitative estimate of drug-likeness (QED) is 0.616. The third-order valence-corrected chi connectivity index (χ3v) is 5.64. The number of benzene rings is 2. The van der Waals surface area contributed by atoms with Crippen molar-refractivity contribution in [3.8, 4) is 11.5 Å². The molecule has 0 heterocycles. The van der Waals surface area contributed by atoms with Gasteiger partial charge >= 0.3 is 0 Å². The number of sulfonamides is 1. The Kier molecular flexibility index (Phi) is 7.60. The first-order valence-electron chi connectivity index (χ1n) is 8.69. The summed E-state index contributed by atoms with van der Waals surface area (Å²) in [5.74, 6) is 0.581. The number of carbonyl (C=O) groups is 1. The van der Waals surface area contributed by atoms with Gasteiger partial charge in [0.05, 0.1) is 30.8 Å². The summed E-state index contributed by atoms with van der Waals surface area (Å²) in [6.45, 7) is 5.51. The molecule has 2 aromatic carbocycles. The summed E-state index contributed by atoms with van der Waals surface area (Å²) in [5.41, 5.74) is 0.481. The summed E-state index contributed by atoms with van der Waals surface area (Å²) >= 11 is 0. The minimum absolute atomic E-state index is 0.00507. The summed E-state index contributed by atoms with van der Waals surface area (Å²) in [6.07, 6.45) is 1.43. The summed E-state index contributed by atoms with van der Waals surface area (Å²) in [5, 5.41) is 2.70. The lowest BCUT2D eigenvalue weighted by Gasteiger charge is -2.21. The Morgan fingerprint density at radius 3 is 2.46 bits per heavy atom. The van der Waals surface area contributed by atoms with E-state index in [2.05, 4.69) is 11.9 Å². The molecule has 0 aliphatic carbocycles. The topological polar surface area (TPSA) is 84.9 Å².